The Kier molecular flexibility index (Phi) is 4.17. The zero-order chi connectivity index (χ0) is 14.8. The normalized spacial score (nSPS) is 21.7. The molecule has 2 aliphatic heterocycles. The highest BCUT2D eigenvalue weighted by Gasteiger charge is 2.31. The summed E-state index contributed by atoms with van der Waals surface area (Å²) in [5.74, 6) is 0.950. The number of anilines is 1. The Morgan fingerprint density at radius 1 is 1.38 bits per heavy atom. The van der Waals surface area contributed by atoms with E-state index in [0.717, 1.165) is 35.7 Å². The number of carbonyl (C=O) groups is 2. The minimum absolute atomic E-state index is 0.0608. The van der Waals surface area contributed by atoms with Crippen molar-refractivity contribution in [1.29, 1.82) is 0 Å². The van der Waals surface area contributed by atoms with Gasteiger partial charge in [0.25, 0.3) is 0 Å². The molecule has 6 heteroatoms. The standard InChI is InChI=1S/C15H18N2O3S/c18-14(12-9-21-8-6-16-12)17-7-2-4-10-11(15(19)20)3-1-5-13(10)17/h1,3,5,12,16H,2,4,6-9H2,(H,19,20). The third-order valence-corrected chi connectivity index (χ3v) is 5.03. The van der Waals surface area contributed by atoms with Gasteiger partial charge in [-0.15, -0.1) is 0 Å². The first-order valence-electron chi connectivity index (χ1n) is 7.16. The van der Waals surface area contributed by atoms with Gasteiger partial charge in [0.1, 0.15) is 0 Å². The third-order valence-electron chi connectivity index (χ3n) is 3.97. The van der Waals surface area contributed by atoms with E-state index in [1.807, 2.05) is 6.07 Å². The lowest BCUT2D eigenvalue weighted by atomic mass is 9.95. The van der Waals surface area contributed by atoms with E-state index in [9.17, 15) is 14.7 Å². The molecule has 5 nitrogen and oxygen atoms in total. The van der Waals surface area contributed by atoms with Crippen molar-refractivity contribution in [2.75, 3.05) is 29.5 Å². The number of amides is 1. The zero-order valence-corrected chi connectivity index (χ0v) is 12.5. The summed E-state index contributed by atoms with van der Waals surface area (Å²) in [7, 11) is 0. The second-order valence-electron chi connectivity index (χ2n) is 5.28. The fourth-order valence-corrected chi connectivity index (χ4v) is 3.89. The van der Waals surface area contributed by atoms with Gasteiger partial charge in [0, 0.05) is 30.3 Å². The molecule has 0 aromatic heterocycles. The van der Waals surface area contributed by atoms with Gasteiger partial charge in [0.15, 0.2) is 0 Å². The molecule has 1 aromatic rings. The maximum atomic E-state index is 12.7. The fourth-order valence-electron chi connectivity index (χ4n) is 2.97. The lowest BCUT2D eigenvalue weighted by molar-refractivity contribution is -0.120. The van der Waals surface area contributed by atoms with Crippen molar-refractivity contribution in [2.24, 2.45) is 0 Å². The molecule has 1 fully saturated rings. The molecule has 0 bridgehead atoms. The van der Waals surface area contributed by atoms with E-state index in [0.29, 0.717) is 18.5 Å². The monoisotopic (exact) mass is 306 g/mol. The van der Waals surface area contributed by atoms with Crippen molar-refractivity contribution in [3.05, 3.63) is 29.3 Å². The van der Waals surface area contributed by atoms with Crippen LogP contribution in [0, 0.1) is 0 Å². The molecule has 0 aliphatic carbocycles. The Hall–Kier alpha value is -1.53. The van der Waals surface area contributed by atoms with Crippen molar-refractivity contribution in [3.8, 4) is 0 Å². The van der Waals surface area contributed by atoms with Crippen LogP contribution in [0.3, 0.4) is 0 Å². The Morgan fingerprint density at radius 3 is 2.95 bits per heavy atom. The van der Waals surface area contributed by atoms with Crippen LogP contribution in [0.5, 0.6) is 0 Å². The van der Waals surface area contributed by atoms with Crippen LogP contribution in [-0.4, -0.2) is 47.6 Å². The average Bonchev–Trinajstić information content (AvgIpc) is 2.53. The molecular weight excluding hydrogens is 288 g/mol. The zero-order valence-electron chi connectivity index (χ0n) is 11.7. The van der Waals surface area contributed by atoms with Crippen LogP contribution in [0.2, 0.25) is 0 Å². The maximum absolute atomic E-state index is 12.7. The van der Waals surface area contributed by atoms with Crippen LogP contribution in [0.15, 0.2) is 18.2 Å². The highest BCUT2D eigenvalue weighted by molar-refractivity contribution is 7.99. The number of rotatable bonds is 2. The number of nitrogens with zero attached hydrogens (tertiary/aromatic N) is 1. The van der Waals surface area contributed by atoms with E-state index in [4.69, 9.17) is 0 Å². The van der Waals surface area contributed by atoms with Crippen molar-refractivity contribution in [2.45, 2.75) is 18.9 Å². The van der Waals surface area contributed by atoms with E-state index < -0.39 is 5.97 Å². The molecule has 1 aromatic carbocycles. The van der Waals surface area contributed by atoms with Gasteiger partial charge in [0.05, 0.1) is 11.6 Å². The summed E-state index contributed by atoms with van der Waals surface area (Å²) in [6.45, 7) is 1.51. The maximum Gasteiger partial charge on any atom is 0.336 e. The Morgan fingerprint density at radius 2 is 2.24 bits per heavy atom. The SMILES string of the molecule is O=C(O)c1cccc2c1CCCN2C(=O)C1CSCCN1. The number of fused-ring (bicyclic) bond motifs is 1. The second-order valence-corrected chi connectivity index (χ2v) is 6.43. The lowest BCUT2D eigenvalue weighted by Crippen LogP contribution is -2.52. The molecule has 0 radical (unpaired) electrons. The summed E-state index contributed by atoms with van der Waals surface area (Å²) < 4.78 is 0. The van der Waals surface area contributed by atoms with E-state index in [1.54, 1.807) is 28.8 Å². The lowest BCUT2D eigenvalue weighted by Gasteiger charge is -2.34. The van der Waals surface area contributed by atoms with Crippen LogP contribution in [-0.2, 0) is 11.2 Å². The van der Waals surface area contributed by atoms with E-state index in [1.165, 1.54) is 0 Å². The summed E-state index contributed by atoms with van der Waals surface area (Å²) in [6, 6.07) is 5.03. The molecule has 2 aliphatic rings. The first-order valence-corrected chi connectivity index (χ1v) is 8.31. The molecule has 1 unspecified atom stereocenters. The fraction of sp³-hybridized carbons (Fsp3) is 0.467. The van der Waals surface area contributed by atoms with Crippen LogP contribution in [0.4, 0.5) is 5.69 Å². The number of benzene rings is 1. The summed E-state index contributed by atoms with van der Waals surface area (Å²) in [4.78, 5) is 25.8. The van der Waals surface area contributed by atoms with Gasteiger partial charge in [-0.1, -0.05) is 6.07 Å². The molecule has 1 atom stereocenters. The highest BCUT2D eigenvalue weighted by Crippen LogP contribution is 2.30. The Bertz CT molecular complexity index is 570. The molecule has 2 heterocycles. The number of hydrogen-bond donors (Lipinski definition) is 2. The number of carboxylic acid groups (broad SMARTS) is 1. The van der Waals surface area contributed by atoms with Crippen molar-refractivity contribution in [1.82, 2.24) is 5.32 Å². The van der Waals surface area contributed by atoms with Gasteiger partial charge >= 0.3 is 5.97 Å². The van der Waals surface area contributed by atoms with Crippen molar-refractivity contribution >= 4 is 29.3 Å². The van der Waals surface area contributed by atoms with Gasteiger partial charge in [-0.05, 0) is 30.5 Å². The molecule has 112 valence electrons. The largest absolute Gasteiger partial charge is 0.478 e. The molecule has 2 N–H and O–H groups in total. The first-order chi connectivity index (χ1) is 10.2. The third kappa shape index (κ3) is 2.78. The highest BCUT2D eigenvalue weighted by atomic mass is 32.2. The number of thioether (sulfide) groups is 1. The minimum Gasteiger partial charge on any atom is -0.478 e. The van der Waals surface area contributed by atoms with Crippen molar-refractivity contribution < 1.29 is 14.7 Å². The number of nitrogens with one attached hydrogen (secondary N) is 1. The van der Waals surface area contributed by atoms with Gasteiger partial charge in [-0.3, -0.25) is 4.79 Å². The number of carboxylic acids is 1. The van der Waals surface area contributed by atoms with E-state index in [2.05, 4.69) is 5.32 Å². The van der Waals surface area contributed by atoms with Gasteiger partial charge in [-0.2, -0.15) is 11.8 Å². The molecule has 1 saturated heterocycles. The smallest absolute Gasteiger partial charge is 0.336 e. The first kappa shape index (κ1) is 14.4. The van der Waals surface area contributed by atoms with Crippen LogP contribution < -0.4 is 10.2 Å². The Labute approximate surface area is 127 Å². The van der Waals surface area contributed by atoms with Gasteiger partial charge in [-0.25, -0.2) is 4.79 Å². The molecule has 0 saturated carbocycles. The van der Waals surface area contributed by atoms with Crippen molar-refractivity contribution in [3.63, 3.8) is 0 Å². The molecule has 0 spiro atoms. The molecule has 1 amide bonds. The molecule has 21 heavy (non-hydrogen) atoms. The quantitative estimate of drug-likeness (QED) is 0.863. The molecule has 3 rings (SSSR count). The van der Waals surface area contributed by atoms with Gasteiger partial charge in [0.2, 0.25) is 5.91 Å². The summed E-state index contributed by atoms with van der Waals surface area (Å²) in [5.41, 5.74) is 1.87. The number of carbonyl (C=O) groups excluding carboxylic acids is 1. The second kappa shape index (κ2) is 6.07. The molecular formula is C15H18N2O3S. The predicted octanol–water partition coefficient (Wildman–Crippen LogP) is 1.37. The summed E-state index contributed by atoms with van der Waals surface area (Å²) >= 11 is 1.78. The van der Waals surface area contributed by atoms with E-state index >= 15 is 0 Å². The van der Waals surface area contributed by atoms with Gasteiger partial charge < -0.3 is 15.3 Å². The number of hydrogen-bond acceptors (Lipinski definition) is 4. The van der Waals surface area contributed by atoms with Crippen LogP contribution >= 0.6 is 11.8 Å². The summed E-state index contributed by atoms with van der Waals surface area (Å²) in [6.07, 6.45) is 1.53. The minimum atomic E-state index is -0.924. The topological polar surface area (TPSA) is 69.6 Å². The van der Waals surface area contributed by atoms with E-state index in [-0.39, 0.29) is 11.9 Å². The number of aromatic carboxylic acids is 1. The Balaban J connectivity index is 1.91. The predicted molar refractivity (Wildman–Crippen MR) is 83.2 cm³/mol. The van der Waals surface area contributed by atoms with Crippen LogP contribution in [0.25, 0.3) is 0 Å². The average molecular weight is 306 g/mol. The summed E-state index contributed by atoms with van der Waals surface area (Å²) in [5, 5.41) is 12.6. The van der Waals surface area contributed by atoms with Crippen LogP contribution in [0.1, 0.15) is 22.3 Å².